The molecule has 3 aromatic rings. The van der Waals surface area contributed by atoms with Crippen molar-refractivity contribution < 1.29 is 4.79 Å². The minimum absolute atomic E-state index is 0.206. The minimum Gasteiger partial charge on any atom is -0.336 e. The van der Waals surface area contributed by atoms with Crippen LogP contribution in [0.15, 0.2) is 53.8 Å². The van der Waals surface area contributed by atoms with Crippen molar-refractivity contribution in [3.63, 3.8) is 0 Å². The molecule has 2 amide bonds. The summed E-state index contributed by atoms with van der Waals surface area (Å²) in [5.74, 6) is 0.456. The lowest BCUT2D eigenvalue weighted by Gasteiger charge is -2.10. The summed E-state index contributed by atoms with van der Waals surface area (Å²) in [7, 11) is 0. The molecule has 0 aliphatic heterocycles. The number of rotatable bonds is 5. The van der Waals surface area contributed by atoms with Gasteiger partial charge in [0.1, 0.15) is 12.7 Å². The number of amides is 2. The van der Waals surface area contributed by atoms with E-state index >= 15 is 0 Å². The summed E-state index contributed by atoms with van der Waals surface area (Å²) in [6.45, 7) is 0.418. The number of nitrogens with zero attached hydrogens (tertiary/aromatic N) is 5. The van der Waals surface area contributed by atoms with Gasteiger partial charge in [-0.2, -0.15) is 5.10 Å². The molecule has 2 heterocycles. The van der Waals surface area contributed by atoms with Gasteiger partial charge in [-0.3, -0.25) is 4.79 Å². The van der Waals surface area contributed by atoms with E-state index in [2.05, 4.69) is 25.8 Å². The van der Waals surface area contributed by atoms with Crippen molar-refractivity contribution in [2.45, 2.75) is 6.54 Å². The first-order valence-corrected chi connectivity index (χ1v) is 7.74. The molecule has 0 fully saturated rings. The summed E-state index contributed by atoms with van der Waals surface area (Å²) in [5, 5.41) is 13.9. The number of para-hydroxylation sites is 1. The molecule has 9 nitrogen and oxygen atoms in total. The van der Waals surface area contributed by atoms with E-state index in [1.807, 2.05) is 0 Å². The van der Waals surface area contributed by atoms with Crippen molar-refractivity contribution in [3.05, 3.63) is 64.4 Å². The van der Waals surface area contributed by atoms with Crippen LogP contribution >= 0.6 is 11.6 Å². The van der Waals surface area contributed by atoms with Gasteiger partial charge in [-0.05, 0) is 18.2 Å². The molecule has 2 N–H and O–H groups in total. The van der Waals surface area contributed by atoms with Crippen molar-refractivity contribution >= 4 is 23.3 Å². The lowest BCUT2D eigenvalue weighted by atomic mass is 10.3. The van der Waals surface area contributed by atoms with E-state index in [0.29, 0.717) is 16.5 Å². The van der Waals surface area contributed by atoms with E-state index in [4.69, 9.17) is 11.6 Å². The molecule has 0 saturated carbocycles. The van der Waals surface area contributed by atoms with Crippen LogP contribution in [0.4, 0.5) is 10.5 Å². The molecule has 0 bridgehead atoms. The number of nitrogens with one attached hydrogen (secondary N) is 2. The molecular weight excluding hydrogens is 346 g/mol. The van der Waals surface area contributed by atoms with Gasteiger partial charge in [0.25, 0.3) is 5.56 Å². The summed E-state index contributed by atoms with van der Waals surface area (Å²) < 4.78 is 2.68. The molecule has 1 aromatic carbocycles. The zero-order valence-corrected chi connectivity index (χ0v) is 13.7. The van der Waals surface area contributed by atoms with Crippen LogP contribution in [0.1, 0.15) is 0 Å². The zero-order valence-electron chi connectivity index (χ0n) is 13.0. The van der Waals surface area contributed by atoms with Gasteiger partial charge in [-0.1, -0.05) is 23.7 Å². The molecule has 10 heteroatoms. The minimum atomic E-state index is -0.423. The molecule has 2 aromatic heterocycles. The highest BCUT2D eigenvalue weighted by molar-refractivity contribution is 6.33. The molecule has 128 valence electrons. The largest absolute Gasteiger partial charge is 0.336 e. The maximum absolute atomic E-state index is 11.9. The van der Waals surface area contributed by atoms with E-state index in [-0.39, 0.29) is 18.6 Å². The number of anilines is 1. The Morgan fingerprint density at radius 1 is 1.20 bits per heavy atom. The fourth-order valence-corrected chi connectivity index (χ4v) is 2.23. The van der Waals surface area contributed by atoms with Crippen molar-refractivity contribution in [1.82, 2.24) is 29.9 Å². The molecular formula is C15H14ClN7O2. The second kappa shape index (κ2) is 7.58. The molecule has 0 atom stereocenters. The van der Waals surface area contributed by atoms with E-state index in [1.54, 1.807) is 30.3 Å². The Bertz CT molecular complexity index is 924. The van der Waals surface area contributed by atoms with Gasteiger partial charge in [0.15, 0.2) is 5.82 Å². The number of hydrogen-bond acceptors (Lipinski definition) is 5. The molecule has 0 aliphatic rings. The summed E-state index contributed by atoms with van der Waals surface area (Å²) in [5.41, 5.74) is 0.224. The van der Waals surface area contributed by atoms with Crippen LogP contribution in [0.2, 0.25) is 5.02 Å². The Balaban J connectivity index is 1.58. The Hall–Kier alpha value is -3.20. The highest BCUT2D eigenvalue weighted by Crippen LogP contribution is 2.19. The van der Waals surface area contributed by atoms with E-state index in [1.165, 1.54) is 28.1 Å². The summed E-state index contributed by atoms with van der Waals surface area (Å²) in [6, 6.07) is 9.41. The molecule has 3 rings (SSSR count). The Morgan fingerprint density at radius 2 is 2.04 bits per heavy atom. The first kappa shape index (κ1) is 16.7. The van der Waals surface area contributed by atoms with Crippen LogP contribution in [0.5, 0.6) is 0 Å². The van der Waals surface area contributed by atoms with Crippen molar-refractivity contribution in [2.75, 3.05) is 11.9 Å². The van der Waals surface area contributed by atoms with E-state index < -0.39 is 6.03 Å². The number of benzene rings is 1. The number of urea groups is 1. The van der Waals surface area contributed by atoms with Gasteiger partial charge in [0.05, 0.1) is 17.3 Å². The molecule has 0 spiro atoms. The highest BCUT2D eigenvalue weighted by Gasteiger charge is 2.06. The third kappa shape index (κ3) is 4.21. The molecule has 0 radical (unpaired) electrons. The Kier molecular flexibility index (Phi) is 5.05. The van der Waals surface area contributed by atoms with Gasteiger partial charge >= 0.3 is 6.03 Å². The van der Waals surface area contributed by atoms with Gasteiger partial charge in [-0.15, -0.1) is 5.10 Å². The number of carbonyl (C=O) groups excluding carboxylic acids is 1. The predicted octanol–water partition coefficient (Wildman–Crippen LogP) is 1.30. The second-order valence-electron chi connectivity index (χ2n) is 4.95. The number of aromatic nitrogens is 5. The summed E-state index contributed by atoms with van der Waals surface area (Å²) in [4.78, 5) is 27.6. The maximum Gasteiger partial charge on any atom is 0.319 e. The summed E-state index contributed by atoms with van der Waals surface area (Å²) >= 11 is 5.97. The van der Waals surface area contributed by atoms with Gasteiger partial charge < -0.3 is 10.6 Å². The van der Waals surface area contributed by atoms with Crippen LogP contribution in [-0.2, 0) is 6.54 Å². The van der Waals surface area contributed by atoms with Crippen LogP contribution in [-0.4, -0.2) is 37.1 Å². The van der Waals surface area contributed by atoms with Crippen LogP contribution < -0.4 is 16.2 Å². The van der Waals surface area contributed by atoms with Gasteiger partial charge in [-0.25, -0.2) is 19.1 Å². The Labute approximate surface area is 147 Å². The van der Waals surface area contributed by atoms with Crippen LogP contribution in [0, 0.1) is 0 Å². The number of hydrogen-bond donors (Lipinski definition) is 2. The SMILES string of the molecule is O=C(NCCn1nc(-n2cncn2)ccc1=O)Nc1ccccc1Cl. The van der Waals surface area contributed by atoms with Gasteiger partial charge in [0, 0.05) is 12.6 Å². The molecule has 0 aliphatic carbocycles. The maximum atomic E-state index is 11.9. The predicted molar refractivity (Wildman–Crippen MR) is 91.9 cm³/mol. The quantitative estimate of drug-likeness (QED) is 0.714. The first-order valence-electron chi connectivity index (χ1n) is 7.36. The van der Waals surface area contributed by atoms with Crippen LogP contribution in [0.25, 0.3) is 5.82 Å². The van der Waals surface area contributed by atoms with Crippen molar-refractivity contribution in [3.8, 4) is 5.82 Å². The lowest BCUT2D eigenvalue weighted by Crippen LogP contribution is -2.34. The van der Waals surface area contributed by atoms with Gasteiger partial charge in [0.2, 0.25) is 0 Å². The zero-order chi connectivity index (χ0) is 17.6. The van der Waals surface area contributed by atoms with Crippen molar-refractivity contribution in [2.24, 2.45) is 0 Å². The summed E-state index contributed by atoms with van der Waals surface area (Å²) in [6.07, 6.45) is 2.85. The van der Waals surface area contributed by atoms with Crippen LogP contribution in [0.3, 0.4) is 0 Å². The lowest BCUT2D eigenvalue weighted by molar-refractivity contribution is 0.251. The highest BCUT2D eigenvalue weighted by atomic mass is 35.5. The fourth-order valence-electron chi connectivity index (χ4n) is 2.05. The average molecular weight is 360 g/mol. The fraction of sp³-hybridized carbons (Fsp3) is 0.133. The van der Waals surface area contributed by atoms with Crippen molar-refractivity contribution in [1.29, 1.82) is 0 Å². The smallest absolute Gasteiger partial charge is 0.319 e. The third-order valence-electron chi connectivity index (χ3n) is 3.24. The normalized spacial score (nSPS) is 10.4. The molecule has 25 heavy (non-hydrogen) atoms. The Morgan fingerprint density at radius 3 is 2.80 bits per heavy atom. The van der Waals surface area contributed by atoms with E-state index in [0.717, 1.165) is 0 Å². The monoisotopic (exact) mass is 359 g/mol. The average Bonchev–Trinajstić information content (AvgIpc) is 3.13. The third-order valence-corrected chi connectivity index (χ3v) is 3.57. The first-order chi connectivity index (χ1) is 12.1. The topological polar surface area (TPSA) is 107 Å². The number of halogens is 1. The number of carbonyl (C=O) groups is 1. The standard InChI is InChI=1S/C15H14ClN7O2/c16-11-3-1-2-4-12(11)20-15(25)18-7-8-22-14(24)6-5-13(21-22)23-10-17-9-19-23/h1-6,9-10H,7-8H2,(H2,18,20,25). The van der Waals surface area contributed by atoms with E-state index in [9.17, 15) is 9.59 Å². The second-order valence-corrected chi connectivity index (χ2v) is 5.36. The molecule has 0 saturated heterocycles. The molecule has 0 unspecified atom stereocenters.